The minimum absolute atomic E-state index is 0.00259. The van der Waals surface area contributed by atoms with Crippen LogP contribution in [0.5, 0.6) is 0 Å². The maximum Gasteiger partial charge on any atom is 0.0815 e. The Morgan fingerprint density at radius 1 is 1.40 bits per heavy atom. The Hall–Kier alpha value is -0.930. The van der Waals surface area contributed by atoms with Crippen molar-refractivity contribution < 1.29 is 10.2 Å². The number of aromatic nitrogens is 1. The number of hydrogen-bond acceptors (Lipinski definition) is 3. The van der Waals surface area contributed by atoms with Gasteiger partial charge in [-0.25, -0.2) is 0 Å². The molecule has 112 valence electrons. The molecule has 1 aliphatic carbocycles. The first-order chi connectivity index (χ1) is 9.33. The van der Waals surface area contributed by atoms with Crippen LogP contribution in [-0.2, 0) is 13.0 Å². The highest BCUT2D eigenvalue weighted by Crippen LogP contribution is 2.44. The molecule has 0 amide bonds. The second kappa shape index (κ2) is 5.45. The predicted molar refractivity (Wildman–Crippen MR) is 80.7 cm³/mol. The fraction of sp³-hybridized carbons (Fsp3) is 0.706. The van der Waals surface area contributed by atoms with Crippen LogP contribution >= 0.6 is 0 Å². The normalized spacial score (nSPS) is 25.9. The third-order valence-corrected chi connectivity index (χ3v) is 4.90. The average molecular weight is 277 g/mol. The van der Waals surface area contributed by atoms with Crippen LogP contribution < -0.4 is 0 Å². The van der Waals surface area contributed by atoms with Crippen molar-refractivity contribution in [2.45, 2.75) is 72.5 Å². The number of nitrogens with zero attached hydrogens (tertiary/aromatic N) is 1. The van der Waals surface area contributed by atoms with Gasteiger partial charge < -0.3 is 10.2 Å². The van der Waals surface area contributed by atoms with Crippen LogP contribution in [0.4, 0.5) is 0 Å². The van der Waals surface area contributed by atoms with E-state index in [0.717, 1.165) is 47.3 Å². The molecule has 0 radical (unpaired) electrons. The van der Waals surface area contributed by atoms with E-state index >= 15 is 0 Å². The van der Waals surface area contributed by atoms with Gasteiger partial charge in [-0.05, 0) is 36.7 Å². The van der Waals surface area contributed by atoms with Gasteiger partial charge in [-0.3, -0.25) is 4.98 Å². The molecular formula is C17H27NO2. The molecule has 2 N–H and O–H groups in total. The van der Waals surface area contributed by atoms with E-state index < -0.39 is 6.10 Å². The number of fused-ring (bicyclic) bond motifs is 1. The molecule has 1 heterocycles. The molecular weight excluding hydrogens is 250 g/mol. The van der Waals surface area contributed by atoms with E-state index in [0.29, 0.717) is 0 Å². The molecule has 0 saturated heterocycles. The van der Waals surface area contributed by atoms with E-state index in [4.69, 9.17) is 4.98 Å². The second-order valence-electron chi connectivity index (χ2n) is 6.83. The second-order valence-corrected chi connectivity index (χ2v) is 6.83. The Morgan fingerprint density at radius 3 is 2.55 bits per heavy atom. The van der Waals surface area contributed by atoms with E-state index in [1.165, 1.54) is 0 Å². The average Bonchev–Trinajstić information content (AvgIpc) is 2.37. The van der Waals surface area contributed by atoms with Crippen LogP contribution in [0, 0.1) is 12.3 Å². The highest BCUT2D eigenvalue weighted by atomic mass is 16.3. The van der Waals surface area contributed by atoms with Crippen molar-refractivity contribution in [3.8, 4) is 0 Å². The zero-order chi connectivity index (χ0) is 15.1. The quantitative estimate of drug-likeness (QED) is 0.890. The van der Waals surface area contributed by atoms with Gasteiger partial charge in [0.25, 0.3) is 0 Å². The Balaban J connectivity index is 2.62. The van der Waals surface area contributed by atoms with Crippen LogP contribution in [0.25, 0.3) is 0 Å². The standard InChI is InChI=1S/C17H27NO2/c1-6-17(5)7-13-15(14(20)8-17)11(4)12(9-19)16(18-13)10(2)3/h10,14,19-20H,6-9H2,1-5H3. The third kappa shape index (κ3) is 2.49. The summed E-state index contributed by atoms with van der Waals surface area (Å²) in [4.78, 5) is 4.82. The van der Waals surface area contributed by atoms with Crippen molar-refractivity contribution in [1.29, 1.82) is 0 Å². The molecule has 20 heavy (non-hydrogen) atoms. The molecule has 3 heteroatoms. The van der Waals surface area contributed by atoms with Gasteiger partial charge in [0.15, 0.2) is 0 Å². The zero-order valence-corrected chi connectivity index (χ0v) is 13.3. The Morgan fingerprint density at radius 2 is 2.05 bits per heavy atom. The molecule has 2 atom stereocenters. The van der Waals surface area contributed by atoms with Gasteiger partial charge in [-0.15, -0.1) is 0 Å². The molecule has 2 unspecified atom stereocenters. The molecule has 0 aliphatic heterocycles. The number of hydrogen-bond donors (Lipinski definition) is 2. The van der Waals surface area contributed by atoms with E-state index in [-0.39, 0.29) is 17.9 Å². The van der Waals surface area contributed by atoms with Gasteiger partial charge in [-0.2, -0.15) is 0 Å². The van der Waals surface area contributed by atoms with E-state index in [1.807, 2.05) is 6.92 Å². The summed E-state index contributed by atoms with van der Waals surface area (Å²) in [5.41, 5.74) is 5.04. The van der Waals surface area contributed by atoms with Gasteiger partial charge in [0, 0.05) is 22.5 Å². The van der Waals surface area contributed by atoms with E-state index in [9.17, 15) is 10.2 Å². The summed E-state index contributed by atoms with van der Waals surface area (Å²) in [6.07, 6.45) is 2.29. The lowest BCUT2D eigenvalue weighted by atomic mass is 9.70. The number of rotatable bonds is 3. The monoisotopic (exact) mass is 277 g/mol. The summed E-state index contributed by atoms with van der Waals surface area (Å²) in [5.74, 6) is 0.285. The Bertz CT molecular complexity index is 510. The largest absolute Gasteiger partial charge is 0.392 e. The number of pyridine rings is 1. The predicted octanol–water partition coefficient (Wildman–Crippen LogP) is 3.40. The summed E-state index contributed by atoms with van der Waals surface area (Å²) < 4.78 is 0. The zero-order valence-electron chi connectivity index (χ0n) is 13.3. The van der Waals surface area contributed by atoms with Crippen LogP contribution in [0.2, 0.25) is 0 Å². The van der Waals surface area contributed by atoms with Crippen molar-refractivity contribution in [3.05, 3.63) is 28.1 Å². The molecule has 1 aromatic rings. The van der Waals surface area contributed by atoms with Crippen molar-refractivity contribution in [2.24, 2.45) is 5.41 Å². The van der Waals surface area contributed by atoms with E-state index in [2.05, 4.69) is 27.7 Å². The number of aliphatic hydroxyl groups excluding tert-OH is 2. The lowest BCUT2D eigenvalue weighted by Crippen LogP contribution is -2.30. The van der Waals surface area contributed by atoms with Crippen molar-refractivity contribution in [1.82, 2.24) is 4.98 Å². The lowest BCUT2D eigenvalue weighted by Gasteiger charge is -2.38. The first-order valence-corrected chi connectivity index (χ1v) is 7.64. The molecule has 1 aromatic heterocycles. The molecule has 2 rings (SSSR count). The fourth-order valence-electron chi connectivity index (χ4n) is 3.41. The van der Waals surface area contributed by atoms with Crippen LogP contribution in [0.3, 0.4) is 0 Å². The topological polar surface area (TPSA) is 53.4 Å². The van der Waals surface area contributed by atoms with Gasteiger partial charge in [-0.1, -0.05) is 34.1 Å². The number of aliphatic hydroxyl groups is 2. The molecule has 0 spiro atoms. The Labute approximate surface area is 122 Å². The minimum Gasteiger partial charge on any atom is -0.392 e. The lowest BCUT2D eigenvalue weighted by molar-refractivity contribution is 0.0852. The summed E-state index contributed by atoms with van der Waals surface area (Å²) in [6, 6.07) is 0. The third-order valence-electron chi connectivity index (χ3n) is 4.90. The van der Waals surface area contributed by atoms with Gasteiger partial charge in [0.05, 0.1) is 12.7 Å². The maximum absolute atomic E-state index is 10.5. The molecule has 1 aliphatic rings. The van der Waals surface area contributed by atoms with Crippen molar-refractivity contribution in [3.63, 3.8) is 0 Å². The first kappa shape index (κ1) is 15.5. The van der Waals surface area contributed by atoms with Crippen molar-refractivity contribution >= 4 is 0 Å². The molecule has 3 nitrogen and oxygen atoms in total. The molecule has 0 fully saturated rings. The van der Waals surface area contributed by atoms with Crippen LogP contribution in [0.1, 0.15) is 80.6 Å². The maximum atomic E-state index is 10.5. The summed E-state index contributed by atoms with van der Waals surface area (Å²) in [7, 11) is 0. The first-order valence-electron chi connectivity index (χ1n) is 7.64. The van der Waals surface area contributed by atoms with Crippen LogP contribution in [-0.4, -0.2) is 15.2 Å². The highest BCUT2D eigenvalue weighted by molar-refractivity contribution is 5.43. The highest BCUT2D eigenvalue weighted by Gasteiger charge is 2.36. The minimum atomic E-state index is -0.456. The van der Waals surface area contributed by atoms with Crippen LogP contribution in [0.15, 0.2) is 0 Å². The molecule has 0 aromatic carbocycles. The summed E-state index contributed by atoms with van der Waals surface area (Å²) >= 11 is 0. The molecule has 0 saturated carbocycles. The summed E-state index contributed by atoms with van der Waals surface area (Å²) in [5, 5.41) is 20.2. The molecule has 0 bridgehead atoms. The van der Waals surface area contributed by atoms with Gasteiger partial charge in [0.2, 0.25) is 0 Å². The fourth-order valence-corrected chi connectivity index (χ4v) is 3.41. The summed E-state index contributed by atoms with van der Waals surface area (Å²) in [6.45, 7) is 10.6. The SMILES string of the molecule is CCC1(C)Cc2nc(C(C)C)c(CO)c(C)c2C(O)C1. The Kier molecular flexibility index (Phi) is 4.22. The van der Waals surface area contributed by atoms with Crippen molar-refractivity contribution in [2.75, 3.05) is 0 Å². The van der Waals surface area contributed by atoms with E-state index in [1.54, 1.807) is 0 Å². The smallest absolute Gasteiger partial charge is 0.0815 e. The van der Waals surface area contributed by atoms with Gasteiger partial charge in [0.1, 0.15) is 0 Å². The van der Waals surface area contributed by atoms with Gasteiger partial charge >= 0.3 is 0 Å².